The van der Waals surface area contributed by atoms with E-state index >= 15 is 0 Å². The molecule has 3 heterocycles. The lowest BCUT2D eigenvalue weighted by molar-refractivity contribution is 0.669. The van der Waals surface area contributed by atoms with Crippen LogP contribution in [0, 0.1) is 11.3 Å². The normalized spacial score (nSPS) is 12.6. The van der Waals surface area contributed by atoms with E-state index < -0.39 is 0 Å². The highest BCUT2D eigenvalue weighted by atomic mass is 16.3. The number of hydrogen-bond acceptors (Lipinski definition) is 2. The quantitative estimate of drug-likeness (QED) is 0.262. The van der Waals surface area contributed by atoms with Crippen molar-refractivity contribution in [3.05, 3.63) is 107 Å². The van der Waals surface area contributed by atoms with Crippen LogP contribution in [0.3, 0.4) is 0 Å². The van der Waals surface area contributed by atoms with Gasteiger partial charge in [-0.1, -0.05) is 48.6 Å². The fraction of sp³-hybridized carbons (Fsp3) is 0.0645. The molecule has 1 aliphatic heterocycles. The molecule has 0 saturated carbocycles. The Morgan fingerprint density at radius 2 is 1.82 bits per heavy atom. The third kappa shape index (κ3) is 2.57. The van der Waals surface area contributed by atoms with Gasteiger partial charge in [0.1, 0.15) is 11.2 Å². The fourth-order valence-corrected chi connectivity index (χ4v) is 5.54. The van der Waals surface area contributed by atoms with Crippen molar-refractivity contribution in [2.24, 2.45) is 0 Å². The van der Waals surface area contributed by atoms with Gasteiger partial charge >= 0.3 is 0 Å². The summed E-state index contributed by atoms with van der Waals surface area (Å²) in [5, 5.41) is 13.2. The van der Waals surface area contributed by atoms with Gasteiger partial charge in [0, 0.05) is 39.5 Å². The topological polar surface area (TPSA) is 41.9 Å². The largest absolute Gasteiger partial charge is 0.456 e. The number of fused-ring (bicyclic) bond motifs is 8. The molecular weight excluding hydrogens is 416 g/mol. The van der Waals surface area contributed by atoms with Crippen LogP contribution >= 0.6 is 0 Å². The number of nitrogens with zero attached hydrogens (tertiary/aromatic N) is 2. The van der Waals surface area contributed by atoms with E-state index in [1.165, 1.54) is 22.2 Å². The Labute approximate surface area is 196 Å². The summed E-state index contributed by atoms with van der Waals surface area (Å²) in [4.78, 5) is 0. The molecule has 0 fully saturated rings. The highest BCUT2D eigenvalue weighted by Crippen LogP contribution is 2.40. The number of allylic oxidation sites excluding steroid dienone is 1. The minimum absolute atomic E-state index is 0.672. The van der Waals surface area contributed by atoms with E-state index in [0.717, 1.165) is 50.7 Å². The van der Waals surface area contributed by atoms with Crippen molar-refractivity contribution in [3.8, 4) is 22.9 Å². The van der Waals surface area contributed by atoms with Gasteiger partial charge in [-0.15, -0.1) is 0 Å². The molecule has 0 unspecified atom stereocenters. The Balaban J connectivity index is 1.72. The van der Waals surface area contributed by atoms with Crippen molar-refractivity contribution < 1.29 is 4.42 Å². The summed E-state index contributed by atoms with van der Waals surface area (Å²) in [6.07, 6.45) is 5.02. The fourth-order valence-electron chi connectivity index (χ4n) is 5.54. The van der Waals surface area contributed by atoms with Gasteiger partial charge in [0.2, 0.25) is 0 Å². The lowest BCUT2D eigenvalue weighted by Gasteiger charge is -2.13. The van der Waals surface area contributed by atoms with Gasteiger partial charge in [0.15, 0.2) is 0 Å². The molecule has 4 aromatic carbocycles. The molecule has 0 spiro atoms. The Bertz CT molecular complexity index is 1860. The molecule has 0 saturated heterocycles. The van der Waals surface area contributed by atoms with Gasteiger partial charge in [-0.2, -0.15) is 5.26 Å². The third-order valence-corrected chi connectivity index (χ3v) is 6.89. The van der Waals surface area contributed by atoms with E-state index in [2.05, 4.69) is 84.3 Å². The number of para-hydroxylation sites is 1. The van der Waals surface area contributed by atoms with Crippen LogP contribution in [0.4, 0.5) is 0 Å². The SMILES string of the molecule is C/C=C\c1c2n(c3ccccc13)-c1ccc3oc4cccc(c4c3c1)-c1cc(C#N)cc(c1)C2. The second-order valence-electron chi connectivity index (χ2n) is 8.88. The van der Waals surface area contributed by atoms with Crippen molar-refractivity contribution in [1.82, 2.24) is 4.57 Å². The van der Waals surface area contributed by atoms with Gasteiger partial charge in [-0.25, -0.2) is 0 Å². The average molecular weight is 437 g/mol. The van der Waals surface area contributed by atoms with Crippen molar-refractivity contribution in [2.45, 2.75) is 13.3 Å². The molecule has 0 aliphatic carbocycles. The summed E-state index contributed by atoms with van der Waals surface area (Å²) in [5.41, 5.74) is 10.4. The molecular formula is C31H20N2O. The predicted molar refractivity (Wildman–Crippen MR) is 138 cm³/mol. The van der Waals surface area contributed by atoms with Gasteiger partial charge in [0.05, 0.1) is 17.1 Å². The molecule has 0 N–H and O–H groups in total. The van der Waals surface area contributed by atoms with E-state index in [0.29, 0.717) is 5.56 Å². The Hall–Kier alpha value is -4.55. The molecule has 34 heavy (non-hydrogen) atoms. The molecule has 7 rings (SSSR count). The molecule has 6 aromatic rings. The lowest BCUT2D eigenvalue weighted by Crippen LogP contribution is -2.02. The van der Waals surface area contributed by atoms with Crippen LogP contribution in [0.2, 0.25) is 0 Å². The van der Waals surface area contributed by atoms with Gasteiger partial charge in [-0.05, 0) is 66.1 Å². The second-order valence-corrected chi connectivity index (χ2v) is 8.88. The number of nitriles is 1. The van der Waals surface area contributed by atoms with Crippen molar-refractivity contribution >= 4 is 38.9 Å². The summed E-state index contributed by atoms with van der Waals surface area (Å²) in [6, 6.07) is 29.8. The highest BCUT2D eigenvalue weighted by Gasteiger charge is 2.21. The van der Waals surface area contributed by atoms with Gasteiger partial charge < -0.3 is 8.98 Å². The first-order valence-electron chi connectivity index (χ1n) is 11.5. The maximum absolute atomic E-state index is 9.84. The molecule has 0 radical (unpaired) electrons. The minimum atomic E-state index is 0.672. The number of hydrogen-bond donors (Lipinski definition) is 0. The van der Waals surface area contributed by atoms with Crippen LogP contribution in [0.15, 0.2) is 89.4 Å². The van der Waals surface area contributed by atoms with E-state index in [1.54, 1.807) is 0 Å². The molecule has 3 nitrogen and oxygen atoms in total. The van der Waals surface area contributed by atoms with Crippen LogP contribution in [-0.2, 0) is 6.42 Å². The first-order chi connectivity index (χ1) is 16.7. The highest BCUT2D eigenvalue weighted by molar-refractivity contribution is 6.13. The van der Waals surface area contributed by atoms with Crippen molar-refractivity contribution in [2.75, 3.05) is 0 Å². The lowest BCUT2D eigenvalue weighted by atomic mass is 9.94. The molecule has 1 aliphatic rings. The summed E-state index contributed by atoms with van der Waals surface area (Å²) >= 11 is 0. The first kappa shape index (κ1) is 19.0. The Kier molecular flexibility index (Phi) is 3.89. The summed E-state index contributed by atoms with van der Waals surface area (Å²) < 4.78 is 8.62. The van der Waals surface area contributed by atoms with Crippen molar-refractivity contribution in [3.63, 3.8) is 0 Å². The maximum Gasteiger partial charge on any atom is 0.136 e. The number of rotatable bonds is 1. The van der Waals surface area contributed by atoms with Crippen LogP contribution in [0.5, 0.6) is 0 Å². The molecule has 3 heteroatoms. The predicted octanol–water partition coefficient (Wildman–Crippen LogP) is 8.01. The zero-order valence-corrected chi connectivity index (χ0v) is 18.7. The third-order valence-electron chi connectivity index (χ3n) is 6.89. The van der Waals surface area contributed by atoms with Crippen LogP contribution in [0.25, 0.3) is 55.7 Å². The van der Waals surface area contributed by atoms with Gasteiger partial charge in [-0.3, -0.25) is 0 Å². The molecule has 160 valence electrons. The standard InChI is InChI=1S/C31H20N2O/c1-2-6-24-25-7-3-4-9-27(25)33-22-11-12-29-26(17-22)31-23(8-5-10-30(31)34-29)21-14-19(16-28(24)33)13-20(15-21)18-32/h2-15,17H,16H2,1H3/b6-2-. The average Bonchev–Trinajstić information content (AvgIpc) is 3.38. The molecule has 4 bridgehead atoms. The van der Waals surface area contributed by atoms with Crippen LogP contribution < -0.4 is 0 Å². The summed E-state index contributed by atoms with van der Waals surface area (Å²) in [7, 11) is 0. The van der Waals surface area contributed by atoms with Crippen molar-refractivity contribution in [1.29, 1.82) is 5.26 Å². The molecule has 0 atom stereocenters. The Morgan fingerprint density at radius 1 is 0.912 bits per heavy atom. The number of benzene rings is 4. The van der Waals surface area contributed by atoms with E-state index in [-0.39, 0.29) is 0 Å². The Morgan fingerprint density at radius 3 is 2.71 bits per heavy atom. The van der Waals surface area contributed by atoms with E-state index in [4.69, 9.17) is 4.42 Å². The smallest absolute Gasteiger partial charge is 0.136 e. The van der Waals surface area contributed by atoms with Crippen LogP contribution in [0.1, 0.15) is 29.3 Å². The number of furan rings is 1. The van der Waals surface area contributed by atoms with Crippen LogP contribution in [-0.4, -0.2) is 4.57 Å². The van der Waals surface area contributed by atoms with E-state index in [1.807, 2.05) is 24.3 Å². The van der Waals surface area contributed by atoms with Gasteiger partial charge in [0.25, 0.3) is 0 Å². The summed E-state index contributed by atoms with van der Waals surface area (Å²) in [6.45, 7) is 2.06. The maximum atomic E-state index is 9.84. The summed E-state index contributed by atoms with van der Waals surface area (Å²) in [5.74, 6) is 0. The zero-order chi connectivity index (χ0) is 22.8. The monoisotopic (exact) mass is 436 g/mol. The second kappa shape index (κ2) is 6.97. The van der Waals surface area contributed by atoms with E-state index in [9.17, 15) is 5.26 Å². The number of aromatic nitrogens is 1. The zero-order valence-electron chi connectivity index (χ0n) is 18.7. The molecule has 0 amide bonds. The molecule has 2 aromatic heterocycles. The first-order valence-corrected chi connectivity index (χ1v) is 11.5. The minimum Gasteiger partial charge on any atom is -0.456 e.